The summed E-state index contributed by atoms with van der Waals surface area (Å²) in [6, 6.07) is 13.4. The van der Waals surface area contributed by atoms with Crippen molar-refractivity contribution < 1.29 is 0 Å². The largest absolute Gasteiger partial charge is 0.320 e. The molecule has 0 unspecified atom stereocenters. The molecule has 2 N–H and O–H groups in total. The fourth-order valence-electron chi connectivity index (χ4n) is 1.42. The molecule has 0 bridgehead atoms. The van der Waals surface area contributed by atoms with Crippen molar-refractivity contribution in [2.75, 3.05) is 0 Å². The fraction of sp³-hybridized carbons (Fsp3) is 0.0833. The average Bonchev–Trinajstić information content (AvgIpc) is 2.30. The van der Waals surface area contributed by atoms with Crippen LogP contribution in [-0.4, -0.2) is 4.98 Å². The number of nitrogens with zero attached hydrogens (tertiary/aromatic N) is 1. The predicted octanol–water partition coefficient (Wildman–Crippen LogP) is 2.78. The highest BCUT2D eigenvalue weighted by Crippen LogP contribution is 2.19. The van der Waals surface area contributed by atoms with Crippen LogP contribution in [-0.2, 0) is 0 Å². The molecule has 1 heterocycles. The smallest absolute Gasteiger partial charge is 0.129 e. The highest BCUT2D eigenvalue weighted by molar-refractivity contribution is 6.29. The van der Waals surface area contributed by atoms with E-state index in [0.29, 0.717) is 5.15 Å². The molecule has 0 aliphatic heterocycles. The lowest BCUT2D eigenvalue weighted by molar-refractivity contribution is 0.863. The molecule has 0 fully saturated rings. The van der Waals surface area contributed by atoms with E-state index in [1.165, 1.54) is 0 Å². The molecule has 0 radical (unpaired) electrons. The van der Waals surface area contributed by atoms with Crippen LogP contribution < -0.4 is 5.73 Å². The zero-order valence-corrected chi connectivity index (χ0v) is 8.85. The molecule has 76 valence electrons. The molecule has 2 rings (SSSR count). The predicted molar refractivity (Wildman–Crippen MR) is 61.7 cm³/mol. The van der Waals surface area contributed by atoms with Crippen LogP contribution in [0.2, 0.25) is 5.15 Å². The zero-order valence-electron chi connectivity index (χ0n) is 8.10. The summed E-state index contributed by atoms with van der Waals surface area (Å²) in [5, 5.41) is 0.485. The lowest BCUT2D eigenvalue weighted by Gasteiger charge is -2.11. The van der Waals surface area contributed by atoms with Gasteiger partial charge in [-0.05, 0) is 17.2 Å². The van der Waals surface area contributed by atoms with E-state index in [9.17, 15) is 0 Å². The summed E-state index contributed by atoms with van der Waals surface area (Å²) in [5.74, 6) is 0. The molecule has 0 saturated heterocycles. The van der Waals surface area contributed by atoms with Gasteiger partial charge in [0.05, 0.1) is 6.04 Å². The Morgan fingerprint density at radius 2 is 1.73 bits per heavy atom. The van der Waals surface area contributed by atoms with Crippen LogP contribution in [0.4, 0.5) is 0 Å². The molecule has 2 aromatic rings. The Morgan fingerprint density at radius 3 is 2.33 bits per heavy atom. The molecule has 0 saturated carbocycles. The molecule has 1 aromatic carbocycles. The number of aromatic nitrogens is 1. The quantitative estimate of drug-likeness (QED) is 0.788. The SMILES string of the molecule is N[C@H](c1ccccc1)c1ccc(Cl)nc1. The van der Waals surface area contributed by atoms with Crippen molar-refractivity contribution in [3.05, 3.63) is 64.9 Å². The third-order valence-corrected chi connectivity index (χ3v) is 2.49. The average molecular weight is 219 g/mol. The van der Waals surface area contributed by atoms with E-state index in [4.69, 9.17) is 17.3 Å². The number of nitrogens with two attached hydrogens (primary N) is 1. The first-order valence-corrected chi connectivity index (χ1v) is 5.07. The maximum Gasteiger partial charge on any atom is 0.129 e. The summed E-state index contributed by atoms with van der Waals surface area (Å²) in [6.45, 7) is 0. The van der Waals surface area contributed by atoms with Crippen molar-refractivity contribution in [3.63, 3.8) is 0 Å². The minimum atomic E-state index is -0.143. The van der Waals surface area contributed by atoms with Gasteiger partial charge in [0.15, 0.2) is 0 Å². The maximum absolute atomic E-state index is 6.08. The third-order valence-electron chi connectivity index (χ3n) is 2.27. The van der Waals surface area contributed by atoms with Crippen LogP contribution >= 0.6 is 11.6 Å². The molecule has 0 amide bonds. The van der Waals surface area contributed by atoms with Gasteiger partial charge >= 0.3 is 0 Å². The monoisotopic (exact) mass is 218 g/mol. The number of pyridine rings is 1. The van der Waals surface area contributed by atoms with Gasteiger partial charge in [-0.25, -0.2) is 4.98 Å². The lowest BCUT2D eigenvalue weighted by Crippen LogP contribution is -2.11. The second-order valence-electron chi connectivity index (χ2n) is 3.30. The molecule has 1 aromatic heterocycles. The second-order valence-corrected chi connectivity index (χ2v) is 3.69. The summed E-state index contributed by atoms with van der Waals surface area (Å²) in [4.78, 5) is 4.01. The van der Waals surface area contributed by atoms with Crippen molar-refractivity contribution in [1.29, 1.82) is 0 Å². The van der Waals surface area contributed by atoms with Crippen molar-refractivity contribution in [2.45, 2.75) is 6.04 Å². The Labute approximate surface area is 93.7 Å². The van der Waals surface area contributed by atoms with Gasteiger partial charge in [0, 0.05) is 6.20 Å². The zero-order chi connectivity index (χ0) is 10.7. The van der Waals surface area contributed by atoms with Gasteiger partial charge in [-0.3, -0.25) is 0 Å². The van der Waals surface area contributed by atoms with Gasteiger partial charge < -0.3 is 5.73 Å². The standard InChI is InChI=1S/C12H11ClN2/c13-11-7-6-10(8-15-11)12(14)9-4-2-1-3-5-9/h1-8,12H,14H2/t12-/m1/s1. The molecule has 1 atom stereocenters. The van der Waals surface area contributed by atoms with Gasteiger partial charge in [0.1, 0.15) is 5.15 Å². The number of hydrogen-bond donors (Lipinski definition) is 1. The third kappa shape index (κ3) is 2.35. The highest BCUT2D eigenvalue weighted by atomic mass is 35.5. The molecule has 0 aliphatic carbocycles. The Morgan fingerprint density at radius 1 is 1.00 bits per heavy atom. The summed E-state index contributed by atoms with van der Waals surface area (Å²) < 4.78 is 0. The van der Waals surface area contributed by atoms with Gasteiger partial charge in [-0.15, -0.1) is 0 Å². The highest BCUT2D eigenvalue weighted by Gasteiger charge is 2.07. The summed E-state index contributed by atoms with van der Waals surface area (Å²) in [7, 11) is 0. The van der Waals surface area contributed by atoms with Crippen molar-refractivity contribution in [1.82, 2.24) is 4.98 Å². The Hall–Kier alpha value is -1.38. The van der Waals surface area contributed by atoms with Crippen LogP contribution in [0.25, 0.3) is 0 Å². The number of benzene rings is 1. The van der Waals surface area contributed by atoms with Crippen LogP contribution in [0.3, 0.4) is 0 Å². The first-order chi connectivity index (χ1) is 7.27. The van der Waals surface area contributed by atoms with E-state index in [0.717, 1.165) is 11.1 Å². The van der Waals surface area contributed by atoms with Crippen molar-refractivity contribution in [2.24, 2.45) is 5.73 Å². The summed E-state index contributed by atoms with van der Waals surface area (Å²) in [5.41, 5.74) is 8.12. The molecular weight excluding hydrogens is 208 g/mol. The van der Waals surface area contributed by atoms with Gasteiger partial charge in [0.2, 0.25) is 0 Å². The molecule has 0 aliphatic rings. The molecule has 15 heavy (non-hydrogen) atoms. The van der Waals surface area contributed by atoms with E-state index in [1.807, 2.05) is 36.4 Å². The summed E-state index contributed by atoms with van der Waals surface area (Å²) in [6.07, 6.45) is 1.71. The van der Waals surface area contributed by atoms with E-state index in [-0.39, 0.29) is 6.04 Å². The molecule has 2 nitrogen and oxygen atoms in total. The van der Waals surface area contributed by atoms with Crippen LogP contribution in [0.5, 0.6) is 0 Å². The lowest BCUT2D eigenvalue weighted by atomic mass is 10.0. The van der Waals surface area contributed by atoms with E-state index >= 15 is 0 Å². The van der Waals surface area contributed by atoms with E-state index in [1.54, 1.807) is 12.3 Å². The number of rotatable bonds is 2. The normalized spacial score (nSPS) is 12.4. The topological polar surface area (TPSA) is 38.9 Å². The van der Waals surface area contributed by atoms with Crippen molar-refractivity contribution in [3.8, 4) is 0 Å². The van der Waals surface area contributed by atoms with Crippen molar-refractivity contribution >= 4 is 11.6 Å². The number of hydrogen-bond acceptors (Lipinski definition) is 2. The maximum atomic E-state index is 6.08. The molecule has 0 spiro atoms. The molecular formula is C12H11ClN2. The first kappa shape index (κ1) is 10.1. The minimum Gasteiger partial charge on any atom is -0.320 e. The van der Waals surface area contributed by atoms with E-state index in [2.05, 4.69) is 4.98 Å². The van der Waals surface area contributed by atoms with Gasteiger partial charge in [0.25, 0.3) is 0 Å². The van der Waals surface area contributed by atoms with Crippen LogP contribution in [0, 0.1) is 0 Å². The summed E-state index contributed by atoms with van der Waals surface area (Å²) >= 11 is 5.71. The Bertz CT molecular complexity index is 425. The van der Waals surface area contributed by atoms with Gasteiger partial charge in [-0.2, -0.15) is 0 Å². The fourth-order valence-corrected chi connectivity index (χ4v) is 1.54. The second kappa shape index (κ2) is 4.43. The van der Waals surface area contributed by atoms with Crippen LogP contribution in [0.1, 0.15) is 17.2 Å². The molecule has 3 heteroatoms. The first-order valence-electron chi connectivity index (χ1n) is 4.69. The Balaban J connectivity index is 2.29. The van der Waals surface area contributed by atoms with Gasteiger partial charge in [-0.1, -0.05) is 48.0 Å². The van der Waals surface area contributed by atoms with Crippen LogP contribution in [0.15, 0.2) is 48.7 Å². The number of halogens is 1. The minimum absolute atomic E-state index is 0.143. The van der Waals surface area contributed by atoms with E-state index < -0.39 is 0 Å². The Kier molecular flexibility index (Phi) is 2.99.